The Morgan fingerprint density at radius 1 is 0.705 bits per heavy atom. The number of benzene rings is 2. The minimum atomic E-state index is -0.973. The molecule has 0 saturated carbocycles. The molecular weight excluding hydrogens is 556 g/mol. The Bertz CT molecular complexity index is 1490. The van der Waals surface area contributed by atoms with Crippen LogP contribution in [0.2, 0.25) is 0 Å². The zero-order valence-electron chi connectivity index (χ0n) is 26.1. The number of hydrogen-bond donors (Lipinski definition) is 0. The van der Waals surface area contributed by atoms with Crippen molar-refractivity contribution in [1.29, 1.82) is 0 Å². The van der Waals surface area contributed by atoms with Crippen molar-refractivity contribution in [2.75, 3.05) is 28.2 Å². The highest BCUT2D eigenvalue weighted by Gasteiger charge is 2.72. The molecule has 6 fully saturated rings. The number of ether oxygens (including phenoxy) is 4. The first kappa shape index (κ1) is 27.5. The first-order chi connectivity index (χ1) is 21.1. The Balaban J connectivity index is 0.998. The molecule has 2 aromatic rings. The highest BCUT2D eigenvalue weighted by molar-refractivity contribution is 5.91. The highest BCUT2D eigenvalue weighted by Crippen LogP contribution is 2.54. The number of hydrogen-bond acceptors (Lipinski definition) is 6. The van der Waals surface area contributed by atoms with E-state index in [2.05, 4.69) is 28.2 Å². The fraction of sp³-hybridized carbons (Fsp3) is 0.611. The molecule has 6 heterocycles. The van der Waals surface area contributed by atoms with Crippen LogP contribution < -0.4 is 0 Å². The SMILES string of the molecule is C[N+]1(C)[C@H]2CC(OC(=O)[C@H]3CC[C@](C(=O)OC4C[C@H]5[C@H]6O[C@@H]6[C@H](C4)[N+]5(C)C)(c4ccccc4)c4ccccc43)C[C@H]1[C@H]1O[C@H]12. The van der Waals surface area contributed by atoms with E-state index in [0.717, 1.165) is 51.3 Å². The summed E-state index contributed by atoms with van der Waals surface area (Å²) in [6, 6.07) is 19.5. The summed E-state index contributed by atoms with van der Waals surface area (Å²) in [6.45, 7) is 0. The van der Waals surface area contributed by atoms with Gasteiger partial charge in [0.2, 0.25) is 0 Å². The molecule has 8 nitrogen and oxygen atoms in total. The van der Waals surface area contributed by atoms with E-state index in [9.17, 15) is 9.59 Å². The molecule has 2 aromatic carbocycles. The zero-order valence-corrected chi connectivity index (χ0v) is 26.1. The number of likely N-dealkylation sites (N-methyl/N-ethyl adjacent to an activating group) is 2. The van der Waals surface area contributed by atoms with Crippen molar-refractivity contribution < 1.29 is 37.5 Å². The number of carbonyl (C=O) groups excluding carboxylic acids is 2. The van der Waals surface area contributed by atoms with Crippen LogP contribution in [0.25, 0.3) is 0 Å². The van der Waals surface area contributed by atoms with E-state index in [1.54, 1.807) is 0 Å². The van der Waals surface area contributed by atoms with Crippen molar-refractivity contribution in [2.24, 2.45) is 0 Å². The van der Waals surface area contributed by atoms with E-state index in [1.807, 2.05) is 54.6 Å². The van der Waals surface area contributed by atoms with Gasteiger partial charge in [0.25, 0.3) is 0 Å². The minimum absolute atomic E-state index is 0.0856. The highest BCUT2D eigenvalue weighted by atomic mass is 16.6. The lowest BCUT2D eigenvalue weighted by molar-refractivity contribution is -0.938. The molecular formula is C36H44N2O6+2. The molecule has 0 amide bonds. The second-order valence-electron chi connectivity index (χ2n) is 15.6. The van der Waals surface area contributed by atoms with Gasteiger partial charge >= 0.3 is 11.9 Å². The Hall–Kier alpha value is -2.78. The van der Waals surface area contributed by atoms with Crippen molar-refractivity contribution in [1.82, 2.24) is 0 Å². The second-order valence-corrected chi connectivity index (χ2v) is 15.6. The van der Waals surface area contributed by atoms with Crippen LogP contribution in [-0.4, -0.2) is 110 Å². The predicted molar refractivity (Wildman–Crippen MR) is 161 cm³/mol. The normalized spacial score (nSPS) is 44.5. The maximum absolute atomic E-state index is 14.6. The lowest BCUT2D eigenvalue weighted by Crippen LogP contribution is -2.60. The Morgan fingerprint density at radius 2 is 1.20 bits per heavy atom. The summed E-state index contributed by atoms with van der Waals surface area (Å²) in [5.74, 6) is -0.768. The lowest BCUT2D eigenvalue weighted by atomic mass is 9.63. The number of nitrogens with zero attached hydrogens (tertiary/aromatic N) is 2. The van der Waals surface area contributed by atoms with Crippen molar-refractivity contribution in [3.05, 3.63) is 71.3 Å². The minimum Gasteiger partial charge on any atom is -0.461 e. The Morgan fingerprint density at radius 3 is 1.77 bits per heavy atom. The van der Waals surface area contributed by atoms with Gasteiger partial charge in [-0.05, 0) is 29.5 Å². The van der Waals surface area contributed by atoms with Gasteiger partial charge in [-0.25, -0.2) is 0 Å². The molecule has 1 aliphatic carbocycles. The number of carbonyl (C=O) groups is 2. The van der Waals surface area contributed by atoms with Crippen molar-refractivity contribution in [3.8, 4) is 0 Å². The third-order valence-corrected chi connectivity index (χ3v) is 13.1. The molecule has 4 bridgehead atoms. The van der Waals surface area contributed by atoms with Crippen molar-refractivity contribution in [2.45, 2.75) is 111 Å². The van der Waals surface area contributed by atoms with Crippen LogP contribution in [-0.2, 0) is 34.0 Å². The first-order valence-corrected chi connectivity index (χ1v) is 16.6. The van der Waals surface area contributed by atoms with E-state index in [4.69, 9.17) is 18.9 Å². The van der Waals surface area contributed by atoms with Gasteiger partial charge in [-0.2, -0.15) is 0 Å². The molecule has 9 rings (SSSR count). The van der Waals surface area contributed by atoms with Crippen LogP contribution in [0, 0.1) is 0 Å². The van der Waals surface area contributed by atoms with E-state index in [-0.39, 0.29) is 24.1 Å². The zero-order chi connectivity index (χ0) is 30.2. The summed E-state index contributed by atoms with van der Waals surface area (Å²) in [7, 11) is 9.16. The molecule has 0 spiro atoms. The van der Waals surface area contributed by atoms with Gasteiger partial charge in [0, 0.05) is 25.7 Å². The van der Waals surface area contributed by atoms with Gasteiger partial charge in [0.05, 0.1) is 34.1 Å². The maximum atomic E-state index is 14.6. The van der Waals surface area contributed by atoms with Crippen LogP contribution in [0.5, 0.6) is 0 Å². The largest absolute Gasteiger partial charge is 0.461 e. The fourth-order valence-electron chi connectivity index (χ4n) is 10.5. The summed E-state index contributed by atoms with van der Waals surface area (Å²) in [4.78, 5) is 28.6. The third kappa shape index (κ3) is 3.71. The van der Waals surface area contributed by atoms with Gasteiger partial charge in [-0.15, -0.1) is 0 Å². The van der Waals surface area contributed by atoms with Crippen LogP contribution >= 0.6 is 0 Å². The third-order valence-electron chi connectivity index (χ3n) is 13.1. The van der Waals surface area contributed by atoms with E-state index < -0.39 is 11.3 Å². The molecule has 7 aliphatic rings. The average Bonchev–Trinajstić information content (AvgIpc) is 3.91. The van der Waals surface area contributed by atoms with Crippen molar-refractivity contribution >= 4 is 11.9 Å². The lowest BCUT2D eigenvalue weighted by Gasteiger charge is -2.46. The number of esters is 2. The van der Waals surface area contributed by atoms with Gasteiger partial charge in [-0.3, -0.25) is 9.59 Å². The number of rotatable bonds is 5. The number of morpholine rings is 2. The quantitative estimate of drug-likeness (QED) is 0.297. The standard InChI is InChI=1S/C36H44N2O6/c1-37(2)26-16-21(17-27(37)31-30(26)43-31)41-34(39)24-14-15-36(20-10-6-5-7-11-20,25-13-9-8-12-23(24)25)35(40)42-22-18-28-32-33(44-32)29(19-22)38(28,3)4/h5-13,21-22,24,26-33H,14-19H2,1-4H3/q+2/t21?,24-,26-,27-,28-,29-,30-,31+,32+,33+,36-/m0/s1. The number of epoxide rings is 2. The maximum Gasteiger partial charge on any atom is 0.321 e. The molecule has 0 aromatic heterocycles. The number of fused-ring (bicyclic) bond motifs is 11. The molecule has 0 N–H and O–H groups in total. The monoisotopic (exact) mass is 600 g/mol. The van der Waals surface area contributed by atoms with E-state index in [0.29, 0.717) is 61.4 Å². The van der Waals surface area contributed by atoms with Gasteiger partial charge in [-0.1, -0.05) is 54.6 Å². The molecule has 232 valence electrons. The van der Waals surface area contributed by atoms with Gasteiger partial charge in [0.15, 0.2) is 0 Å². The van der Waals surface area contributed by atoms with Crippen LogP contribution in [0.1, 0.15) is 61.1 Å². The van der Waals surface area contributed by atoms with Crippen LogP contribution in [0.15, 0.2) is 54.6 Å². The smallest absolute Gasteiger partial charge is 0.321 e. The summed E-state index contributed by atoms with van der Waals surface area (Å²) in [5, 5.41) is 0. The molecule has 0 radical (unpaired) electrons. The first-order valence-electron chi connectivity index (χ1n) is 16.6. The average molecular weight is 601 g/mol. The summed E-state index contributed by atoms with van der Waals surface area (Å²) in [6.07, 6.45) is 5.38. The summed E-state index contributed by atoms with van der Waals surface area (Å²) < 4.78 is 26.7. The predicted octanol–water partition coefficient (Wildman–Crippen LogP) is 3.45. The fourth-order valence-corrected chi connectivity index (χ4v) is 10.5. The molecule has 8 heteroatoms. The molecule has 6 saturated heterocycles. The van der Waals surface area contributed by atoms with Crippen LogP contribution in [0.4, 0.5) is 0 Å². The van der Waals surface area contributed by atoms with E-state index >= 15 is 0 Å². The Labute approximate surface area is 259 Å². The number of piperidine rings is 2. The molecule has 11 atom stereocenters. The molecule has 44 heavy (non-hydrogen) atoms. The summed E-state index contributed by atoms with van der Waals surface area (Å²) in [5.41, 5.74) is 1.72. The number of quaternary nitrogens is 2. The van der Waals surface area contributed by atoms with Crippen molar-refractivity contribution in [3.63, 3.8) is 0 Å². The topological polar surface area (TPSA) is 77.7 Å². The molecule has 6 aliphatic heterocycles. The summed E-state index contributed by atoms with van der Waals surface area (Å²) >= 11 is 0. The van der Waals surface area contributed by atoms with Gasteiger partial charge < -0.3 is 27.9 Å². The Kier molecular flexibility index (Phi) is 5.72. The molecule has 1 unspecified atom stereocenters. The van der Waals surface area contributed by atoms with Gasteiger partial charge in [0.1, 0.15) is 66.2 Å². The van der Waals surface area contributed by atoms with Crippen LogP contribution in [0.3, 0.4) is 0 Å². The second kappa shape index (κ2) is 9.15. The van der Waals surface area contributed by atoms with E-state index in [1.165, 1.54) is 0 Å².